The third kappa shape index (κ3) is 4.51. The van der Waals surface area contributed by atoms with Crippen LogP contribution in [-0.4, -0.2) is 34.5 Å². The Bertz CT molecular complexity index is 728. The standard InChI is InChI=1S/C19H21Cl2NO4/c20-13-6-7-15(21)17(9-13)26-14-10-18(23)22(11-14)16(19(24)25)8-12-4-2-1-3-5-12/h6-7,9-10,12,16H,1-5,8,11H2,(H,24,25). The molecule has 3 rings (SSSR count). The number of amides is 1. The van der Waals surface area contributed by atoms with Crippen molar-refractivity contribution >= 4 is 35.1 Å². The first-order valence-electron chi connectivity index (χ1n) is 8.81. The van der Waals surface area contributed by atoms with Crippen LogP contribution in [0, 0.1) is 5.92 Å². The van der Waals surface area contributed by atoms with Crippen LogP contribution < -0.4 is 4.74 Å². The average Bonchev–Trinajstić information content (AvgIpc) is 2.96. The maximum atomic E-state index is 12.4. The maximum absolute atomic E-state index is 12.4. The number of carbonyl (C=O) groups excluding carboxylic acids is 1. The van der Waals surface area contributed by atoms with E-state index in [1.54, 1.807) is 18.2 Å². The van der Waals surface area contributed by atoms with Gasteiger partial charge in [-0.2, -0.15) is 0 Å². The fourth-order valence-electron chi connectivity index (χ4n) is 3.63. The van der Waals surface area contributed by atoms with Crippen LogP contribution in [0.25, 0.3) is 0 Å². The highest BCUT2D eigenvalue weighted by Gasteiger charge is 2.36. The molecule has 7 heteroatoms. The molecule has 0 saturated heterocycles. The lowest BCUT2D eigenvalue weighted by atomic mass is 9.84. The largest absolute Gasteiger partial charge is 0.480 e. The Morgan fingerprint density at radius 1 is 1.27 bits per heavy atom. The van der Waals surface area contributed by atoms with E-state index >= 15 is 0 Å². The van der Waals surface area contributed by atoms with Gasteiger partial charge in [0.2, 0.25) is 0 Å². The molecular formula is C19H21Cl2NO4. The number of rotatable bonds is 6. The van der Waals surface area contributed by atoms with Gasteiger partial charge in [0.15, 0.2) is 0 Å². The highest BCUT2D eigenvalue weighted by Crippen LogP contribution is 2.32. The third-order valence-electron chi connectivity index (χ3n) is 4.97. The van der Waals surface area contributed by atoms with Gasteiger partial charge in [0.25, 0.3) is 5.91 Å². The lowest BCUT2D eigenvalue weighted by molar-refractivity contribution is -0.148. The smallest absolute Gasteiger partial charge is 0.326 e. The lowest BCUT2D eigenvalue weighted by Gasteiger charge is -2.30. The van der Waals surface area contributed by atoms with E-state index in [2.05, 4.69) is 0 Å². The zero-order chi connectivity index (χ0) is 18.7. The van der Waals surface area contributed by atoms with Crippen LogP contribution in [0.4, 0.5) is 0 Å². The van der Waals surface area contributed by atoms with E-state index in [1.165, 1.54) is 17.4 Å². The van der Waals surface area contributed by atoms with Crippen molar-refractivity contribution in [3.05, 3.63) is 40.1 Å². The second kappa shape index (κ2) is 8.31. The van der Waals surface area contributed by atoms with E-state index in [0.717, 1.165) is 25.7 Å². The van der Waals surface area contributed by atoms with Crippen LogP contribution in [0.2, 0.25) is 10.0 Å². The van der Waals surface area contributed by atoms with Gasteiger partial charge in [-0.25, -0.2) is 4.79 Å². The van der Waals surface area contributed by atoms with Crippen molar-refractivity contribution in [2.45, 2.75) is 44.6 Å². The predicted octanol–water partition coefficient (Wildman–Crippen LogP) is 4.52. The molecule has 1 aromatic carbocycles. The predicted molar refractivity (Wildman–Crippen MR) is 99.5 cm³/mol. The van der Waals surface area contributed by atoms with Gasteiger partial charge in [-0.05, 0) is 24.5 Å². The molecule has 140 valence electrons. The zero-order valence-electron chi connectivity index (χ0n) is 14.3. The van der Waals surface area contributed by atoms with Crippen molar-refractivity contribution in [3.63, 3.8) is 0 Å². The zero-order valence-corrected chi connectivity index (χ0v) is 15.8. The van der Waals surface area contributed by atoms with Gasteiger partial charge in [0, 0.05) is 17.2 Å². The number of carboxylic acid groups (broad SMARTS) is 1. The van der Waals surface area contributed by atoms with Crippen LogP contribution in [0.1, 0.15) is 38.5 Å². The molecule has 0 aromatic heterocycles. The van der Waals surface area contributed by atoms with Crippen LogP contribution in [0.5, 0.6) is 5.75 Å². The Morgan fingerprint density at radius 2 is 2.00 bits per heavy atom. The van der Waals surface area contributed by atoms with Crippen molar-refractivity contribution in [1.29, 1.82) is 0 Å². The molecule has 1 aliphatic heterocycles. The quantitative estimate of drug-likeness (QED) is 0.765. The molecule has 0 bridgehead atoms. The Kier molecular flexibility index (Phi) is 6.09. The summed E-state index contributed by atoms with van der Waals surface area (Å²) in [4.78, 5) is 25.5. The molecule has 5 nitrogen and oxygen atoms in total. The van der Waals surface area contributed by atoms with Gasteiger partial charge < -0.3 is 14.7 Å². The molecular weight excluding hydrogens is 377 g/mol. The second-order valence-electron chi connectivity index (χ2n) is 6.85. The summed E-state index contributed by atoms with van der Waals surface area (Å²) in [5.74, 6) is -0.251. The normalized spacial score (nSPS) is 19.4. The first-order chi connectivity index (χ1) is 12.4. The summed E-state index contributed by atoms with van der Waals surface area (Å²) < 4.78 is 5.70. The van der Waals surface area contributed by atoms with Crippen LogP contribution in [-0.2, 0) is 9.59 Å². The Hall–Kier alpha value is -1.72. The maximum Gasteiger partial charge on any atom is 0.326 e. The molecule has 2 aliphatic rings. The fraction of sp³-hybridized carbons (Fsp3) is 0.474. The number of halogens is 2. The van der Waals surface area contributed by atoms with Crippen molar-refractivity contribution in [2.24, 2.45) is 5.92 Å². The Labute approximate surface area is 162 Å². The summed E-state index contributed by atoms with van der Waals surface area (Å²) in [6, 6.07) is 3.98. The monoisotopic (exact) mass is 397 g/mol. The van der Waals surface area contributed by atoms with Crippen LogP contribution in [0.15, 0.2) is 30.0 Å². The van der Waals surface area contributed by atoms with Crippen molar-refractivity contribution in [2.75, 3.05) is 6.54 Å². The lowest BCUT2D eigenvalue weighted by Crippen LogP contribution is -2.44. The van der Waals surface area contributed by atoms with Gasteiger partial charge in [0.05, 0.1) is 11.6 Å². The molecule has 1 aromatic rings. The highest BCUT2D eigenvalue weighted by molar-refractivity contribution is 6.34. The average molecular weight is 398 g/mol. The topological polar surface area (TPSA) is 66.8 Å². The minimum absolute atomic E-state index is 0.116. The molecule has 0 spiro atoms. The number of ether oxygens (including phenoxy) is 1. The fourth-order valence-corrected chi connectivity index (χ4v) is 3.95. The molecule has 26 heavy (non-hydrogen) atoms. The van der Waals surface area contributed by atoms with E-state index in [-0.39, 0.29) is 12.5 Å². The van der Waals surface area contributed by atoms with Crippen molar-refractivity contribution < 1.29 is 19.4 Å². The van der Waals surface area contributed by atoms with Crippen LogP contribution in [0.3, 0.4) is 0 Å². The van der Waals surface area contributed by atoms with Gasteiger partial charge in [-0.15, -0.1) is 0 Å². The van der Waals surface area contributed by atoms with E-state index in [4.69, 9.17) is 27.9 Å². The highest BCUT2D eigenvalue weighted by atomic mass is 35.5. The molecule has 1 heterocycles. The minimum atomic E-state index is -0.973. The summed E-state index contributed by atoms with van der Waals surface area (Å²) in [6.07, 6.45) is 7.34. The van der Waals surface area contributed by atoms with Crippen LogP contribution >= 0.6 is 23.2 Å². The molecule has 1 atom stereocenters. The number of hydrogen-bond donors (Lipinski definition) is 1. The van der Waals surface area contributed by atoms with Gasteiger partial charge in [-0.1, -0.05) is 55.3 Å². The molecule has 1 fully saturated rings. The molecule has 1 saturated carbocycles. The van der Waals surface area contributed by atoms with Gasteiger partial charge in [-0.3, -0.25) is 4.79 Å². The summed E-state index contributed by atoms with van der Waals surface area (Å²) in [7, 11) is 0. The van der Waals surface area contributed by atoms with E-state index in [9.17, 15) is 14.7 Å². The Balaban J connectivity index is 1.68. The van der Waals surface area contributed by atoms with Crippen molar-refractivity contribution in [3.8, 4) is 5.75 Å². The summed E-state index contributed by atoms with van der Waals surface area (Å²) in [5, 5.41) is 10.5. The summed E-state index contributed by atoms with van der Waals surface area (Å²) >= 11 is 12.0. The first kappa shape index (κ1) is 19.1. The first-order valence-corrected chi connectivity index (χ1v) is 9.56. The van der Waals surface area contributed by atoms with Gasteiger partial charge in [0.1, 0.15) is 17.6 Å². The number of hydrogen-bond acceptors (Lipinski definition) is 3. The van der Waals surface area contributed by atoms with Gasteiger partial charge >= 0.3 is 5.97 Å². The number of benzene rings is 1. The molecule has 1 aliphatic carbocycles. The molecule has 1 N–H and O–H groups in total. The van der Waals surface area contributed by atoms with E-state index in [0.29, 0.717) is 33.9 Å². The van der Waals surface area contributed by atoms with E-state index < -0.39 is 12.0 Å². The number of carbonyl (C=O) groups is 2. The number of nitrogens with zero attached hydrogens (tertiary/aromatic N) is 1. The third-order valence-corrected chi connectivity index (χ3v) is 5.52. The number of carboxylic acids is 1. The molecule has 1 unspecified atom stereocenters. The molecule has 0 radical (unpaired) electrons. The second-order valence-corrected chi connectivity index (χ2v) is 7.69. The van der Waals surface area contributed by atoms with E-state index in [1.807, 2.05) is 0 Å². The molecule has 1 amide bonds. The van der Waals surface area contributed by atoms with Crippen molar-refractivity contribution in [1.82, 2.24) is 4.90 Å². The SMILES string of the molecule is O=C(O)C(CC1CCCCC1)N1CC(Oc2cc(Cl)ccc2Cl)=CC1=O. The number of aliphatic carboxylic acids is 1. The summed E-state index contributed by atoms with van der Waals surface area (Å²) in [6.45, 7) is 0.116. The minimum Gasteiger partial charge on any atom is -0.480 e. The Morgan fingerprint density at radius 3 is 2.69 bits per heavy atom. The summed E-state index contributed by atoms with van der Waals surface area (Å²) in [5.41, 5.74) is 0.